The number of hydrogen-bond acceptors (Lipinski definition) is 5. The van der Waals surface area contributed by atoms with E-state index in [4.69, 9.17) is 10.8 Å². The van der Waals surface area contributed by atoms with Gasteiger partial charge in [0.1, 0.15) is 17.5 Å². The second kappa shape index (κ2) is 4.02. The van der Waals surface area contributed by atoms with E-state index < -0.39 is 0 Å². The van der Waals surface area contributed by atoms with Crippen molar-refractivity contribution in [2.75, 3.05) is 30.3 Å². The molecule has 1 unspecified atom stereocenters. The van der Waals surface area contributed by atoms with E-state index in [2.05, 4.69) is 14.9 Å². The molecule has 0 bridgehead atoms. The van der Waals surface area contributed by atoms with E-state index in [-0.39, 0.29) is 6.61 Å². The Bertz CT molecular complexity index is 335. The van der Waals surface area contributed by atoms with Gasteiger partial charge in [0.15, 0.2) is 0 Å². The molecule has 1 atom stereocenters. The average Bonchev–Trinajstić information content (AvgIpc) is 2.64. The maximum atomic E-state index is 9.06. The first-order chi connectivity index (χ1) is 7.19. The molecular formula is C10H16N4O. The molecule has 0 radical (unpaired) electrons. The average molecular weight is 208 g/mol. The van der Waals surface area contributed by atoms with Crippen molar-refractivity contribution in [2.45, 2.75) is 13.3 Å². The number of aryl methyl sites for hydroxylation is 1. The number of nitrogens with zero attached hydrogens (tertiary/aromatic N) is 3. The van der Waals surface area contributed by atoms with Gasteiger partial charge in [-0.1, -0.05) is 0 Å². The molecule has 1 saturated heterocycles. The van der Waals surface area contributed by atoms with Gasteiger partial charge >= 0.3 is 0 Å². The van der Waals surface area contributed by atoms with Crippen molar-refractivity contribution in [1.82, 2.24) is 9.97 Å². The third-order valence-electron chi connectivity index (χ3n) is 2.71. The molecule has 1 aromatic heterocycles. The van der Waals surface area contributed by atoms with Gasteiger partial charge < -0.3 is 15.7 Å². The van der Waals surface area contributed by atoms with Crippen LogP contribution in [0.5, 0.6) is 0 Å². The predicted molar refractivity (Wildman–Crippen MR) is 58.6 cm³/mol. The van der Waals surface area contributed by atoms with E-state index in [0.717, 1.165) is 25.3 Å². The van der Waals surface area contributed by atoms with Gasteiger partial charge in [0.25, 0.3) is 0 Å². The molecule has 0 amide bonds. The molecule has 1 aliphatic heterocycles. The lowest BCUT2D eigenvalue weighted by Crippen LogP contribution is -2.22. The fourth-order valence-electron chi connectivity index (χ4n) is 1.93. The number of hydrogen-bond donors (Lipinski definition) is 2. The van der Waals surface area contributed by atoms with E-state index >= 15 is 0 Å². The molecule has 1 aliphatic rings. The van der Waals surface area contributed by atoms with Crippen LogP contribution < -0.4 is 10.6 Å². The van der Waals surface area contributed by atoms with Crippen molar-refractivity contribution in [3.8, 4) is 0 Å². The molecule has 3 N–H and O–H groups in total. The molecule has 82 valence electrons. The van der Waals surface area contributed by atoms with Gasteiger partial charge in [-0.25, -0.2) is 9.97 Å². The van der Waals surface area contributed by atoms with Crippen LogP contribution in [0.2, 0.25) is 0 Å². The smallest absolute Gasteiger partial charge is 0.134 e. The minimum absolute atomic E-state index is 0.246. The fraction of sp³-hybridized carbons (Fsp3) is 0.600. The minimum atomic E-state index is 0.246. The third kappa shape index (κ3) is 2.18. The van der Waals surface area contributed by atoms with Crippen molar-refractivity contribution < 1.29 is 5.11 Å². The maximum absolute atomic E-state index is 9.06. The molecule has 5 nitrogen and oxygen atoms in total. The summed E-state index contributed by atoms with van der Waals surface area (Å²) >= 11 is 0. The normalized spacial score (nSPS) is 20.9. The zero-order valence-electron chi connectivity index (χ0n) is 8.85. The monoisotopic (exact) mass is 208 g/mol. The summed E-state index contributed by atoms with van der Waals surface area (Å²) in [5, 5.41) is 9.06. The Morgan fingerprint density at radius 3 is 3.00 bits per heavy atom. The second-order valence-electron chi connectivity index (χ2n) is 3.98. The zero-order valence-corrected chi connectivity index (χ0v) is 8.85. The summed E-state index contributed by atoms with van der Waals surface area (Å²) in [4.78, 5) is 10.5. The van der Waals surface area contributed by atoms with Crippen LogP contribution in [0, 0.1) is 12.8 Å². The van der Waals surface area contributed by atoms with Gasteiger partial charge in [-0.2, -0.15) is 0 Å². The number of aliphatic hydroxyl groups excluding tert-OH is 1. The lowest BCUT2D eigenvalue weighted by atomic mass is 10.1. The molecule has 1 fully saturated rings. The van der Waals surface area contributed by atoms with Crippen LogP contribution in [0.4, 0.5) is 11.6 Å². The molecule has 5 heteroatoms. The lowest BCUT2D eigenvalue weighted by molar-refractivity contribution is 0.238. The molecule has 0 spiro atoms. The topological polar surface area (TPSA) is 75.3 Å². The first-order valence-corrected chi connectivity index (χ1v) is 5.16. The van der Waals surface area contributed by atoms with Gasteiger partial charge in [-0.3, -0.25) is 0 Å². The molecular weight excluding hydrogens is 192 g/mol. The van der Waals surface area contributed by atoms with E-state index in [0.29, 0.717) is 17.6 Å². The zero-order chi connectivity index (χ0) is 10.8. The Balaban J connectivity index is 2.16. The highest BCUT2D eigenvalue weighted by Gasteiger charge is 2.23. The van der Waals surface area contributed by atoms with E-state index in [9.17, 15) is 0 Å². The summed E-state index contributed by atoms with van der Waals surface area (Å²) in [6.07, 6.45) is 1.01. The van der Waals surface area contributed by atoms with Crippen LogP contribution in [0.25, 0.3) is 0 Å². The van der Waals surface area contributed by atoms with Crippen molar-refractivity contribution in [3.63, 3.8) is 0 Å². The van der Waals surface area contributed by atoms with Gasteiger partial charge in [-0.15, -0.1) is 0 Å². The molecule has 2 heterocycles. The Hall–Kier alpha value is -1.36. The van der Waals surface area contributed by atoms with E-state index in [1.807, 2.05) is 6.92 Å². The molecule has 2 rings (SSSR count). The molecule has 15 heavy (non-hydrogen) atoms. The van der Waals surface area contributed by atoms with Crippen LogP contribution in [0.1, 0.15) is 12.2 Å². The van der Waals surface area contributed by atoms with Gasteiger partial charge in [0.05, 0.1) is 0 Å². The first kappa shape index (κ1) is 10.2. The largest absolute Gasteiger partial charge is 0.396 e. The molecule has 0 aliphatic carbocycles. The predicted octanol–water partition coefficient (Wildman–Crippen LogP) is 0.186. The highest BCUT2D eigenvalue weighted by Crippen LogP contribution is 2.22. The number of nitrogens with two attached hydrogens (primary N) is 1. The summed E-state index contributed by atoms with van der Waals surface area (Å²) in [6, 6.07) is 1.78. The van der Waals surface area contributed by atoms with Crippen LogP contribution in [-0.2, 0) is 0 Å². The Morgan fingerprint density at radius 2 is 2.40 bits per heavy atom. The number of aromatic nitrogens is 2. The van der Waals surface area contributed by atoms with Crippen LogP contribution in [-0.4, -0.2) is 34.8 Å². The Kier molecular flexibility index (Phi) is 2.73. The lowest BCUT2D eigenvalue weighted by Gasteiger charge is -2.17. The van der Waals surface area contributed by atoms with Crippen LogP contribution in [0.15, 0.2) is 6.07 Å². The van der Waals surface area contributed by atoms with Gasteiger partial charge in [-0.05, 0) is 13.3 Å². The molecule has 1 aromatic rings. The first-order valence-electron chi connectivity index (χ1n) is 5.16. The molecule has 0 aromatic carbocycles. The second-order valence-corrected chi connectivity index (χ2v) is 3.98. The number of anilines is 2. The highest BCUT2D eigenvalue weighted by atomic mass is 16.3. The van der Waals surface area contributed by atoms with Crippen LogP contribution in [0.3, 0.4) is 0 Å². The quantitative estimate of drug-likeness (QED) is 0.725. The standard InChI is InChI=1S/C10H16N4O/c1-7-12-9(11)4-10(13-7)14-3-2-8(5-14)6-15/h4,8,15H,2-3,5-6H2,1H3,(H2,11,12,13). The third-order valence-corrected chi connectivity index (χ3v) is 2.71. The van der Waals surface area contributed by atoms with Crippen molar-refractivity contribution in [2.24, 2.45) is 5.92 Å². The fourth-order valence-corrected chi connectivity index (χ4v) is 1.93. The SMILES string of the molecule is Cc1nc(N)cc(N2CCC(CO)C2)n1. The number of rotatable bonds is 2. The van der Waals surface area contributed by atoms with E-state index in [1.165, 1.54) is 0 Å². The number of aliphatic hydroxyl groups is 1. The summed E-state index contributed by atoms with van der Waals surface area (Å²) in [5.41, 5.74) is 5.67. The van der Waals surface area contributed by atoms with Crippen LogP contribution >= 0.6 is 0 Å². The maximum Gasteiger partial charge on any atom is 0.134 e. The minimum Gasteiger partial charge on any atom is -0.396 e. The Morgan fingerprint density at radius 1 is 1.60 bits per heavy atom. The van der Waals surface area contributed by atoms with Crippen molar-refractivity contribution in [3.05, 3.63) is 11.9 Å². The molecule has 0 saturated carbocycles. The number of nitrogen functional groups attached to an aromatic ring is 1. The highest BCUT2D eigenvalue weighted by molar-refractivity contribution is 5.47. The van der Waals surface area contributed by atoms with E-state index in [1.54, 1.807) is 6.07 Å². The summed E-state index contributed by atoms with van der Waals surface area (Å²) < 4.78 is 0. The van der Waals surface area contributed by atoms with Crippen molar-refractivity contribution >= 4 is 11.6 Å². The summed E-state index contributed by atoms with van der Waals surface area (Å²) in [5.74, 6) is 2.43. The van der Waals surface area contributed by atoms with Crippen molar-refractivity contribution in [1.29, 1.82) is 0 Å². The van der Waals surface area contributed by atoms with Gasteiger partial charge in [0, 0.05) is 31.7 Å². The van der Waals surface area contributed by atoms with Gasteiger partial charge in [0.2, 0.25) is 0 Å². The Labute approximate surface area is 88.9 Å². The summed E-state index contributed by atoms with van der Waals surface area (Å²) in [6.45, 7) is 3.86. The summed E-state index contributed by atoms with van der Waals surface area (Å²) in [7, 11) is 0.